The first kappa shape index (κ1) is 13.1. The molecule has 0 bridgehead atoms. The molecule has 1 nitrogen and oxygen atoms in total. The molecule has 62 valence electrons. The van der Waals surface area contributed by atoms with Crippen LogP contribution in [0.25, 0.3) is 0 Å². The molecule has 0 saturated heterocycles. The van der Waals surface area contributed by atoms with Crippen LogP contribution in [0.2, 0.25) is 0 Å². The summed E-state index contributed by atoms with van der Waals surface area (Å²) in [5.74, 6) is 0. The van der Waals surface area contributed by atoms with Crippen molar-refractivity contribution in [2.24, 2.45) is 4.99 Å². The fraction of sp³-hybridized carbons (Fsp3) is 0.0909. The second kappa shape index (κ2) is 6.57. The molecule has 1 aromatic rings. The van der Waals surface area contributed by atoms with Crippen molar-refractivity contribution in [1.29, 1.82) is 0 Å². The van der Waals surface area contributed by atoms with Crippen LogP contribution in [0.1, 0.15) is 16.7 Å². The molecule has 0 atom stereocenters. The molecule has 0 N–H and O–H groups in total. The van der Waals surface area contributed by atoms with E-state index in [1.165, 1.54) is 11.8 Å². The molecule has 0 aromatic heterocycles. The summed E-state index contributed by atoms with van der Waals surface area (Å²) >= 11 is 0. The number of rotatable bonds is 2. The third-order valence-electron chi connectivity index (χ3n) is 1.66. The van der Waals surface area contributed by atoms with Crippen LogP contribution in [-0.2, 0) is 0 Å². The van der Waals surface area contributed by atoms with Crippen LogP contribution in [0.3, 0.4) is 0 Å². The fourth-order valence-electron chi connectivity index (χ4n) is 0.962. The van der Waals surface area contributed by atoms with Gasteiger partial charge in [0.25, 0.3) is 0 Å². The summed E-state index contributed by atoms with van der Waals surface area (Å²) in [6.45, 7) is 9.40. The largest absolute Gasteiger partial charge is 1.00 e. The van der Waals surface area contributed by atoms with Gasteiger partial charge in [0, 0.05) is 12.4 Å². The van der Waals surface area contributed by atoms with Crippen LogP contribution in [0.15, 0.2) is 36.0 Å². The summed E-state index contributed by atoms with van der Waals surface area (Å²) in [5, 5.41) is 0. The molecule has 1 rings (SSSR count). The van der Waals surface area contributed by atoms with Gasteiger partial charge in [-0.05, 0) is 6.92 Å². The molecule has 2 heteroatoms. The van der Waals surface area contributed by atoms with E-state index in [1.54, 1.807) is 6.21 Å². The average Bonchev–Trinajstić information content (AvgIpc) is 2.07. The third kappa shape index (κ3) is 4.25. The second-order valence-corrected chi connectivity index (χ2v) is 2.65. The Morgan fingerprint density at radius 2 is 2.15 bits per heavy atom. The van der Waals surface area contributed by atoms with Gasteiger partial charge in [-0.25, -0.2) is 0 Å². The smallest absolute Gasteiger partial charge is 0.266 e. The summed E-state index contributed by atoms with van der Waals surface area (Å²) < 4.78 is 0. The molecule has 0 aliphatic heterocycles. The first-order valence-electron chi connectivity index (χ1n) is 3.80. The molecule has 0 unspecified atom stereocenters. The standard InChI is InChI=1S/C11H12N.K/c1-4-12-8-11-7-9(2)5-6-10(11)3;/h4-8H,1-2H2,3H3;/q-1;+1. The molecule has 0 aliphatic rings. The topological polar surface area (TPSA) is 12.4 Å². The Morgan fingerprint density at radius 1 is 1.46 bits per heavy atom. The zero-order valence-electron chi connectivity index (χ0n) is 8.25. The third-order valence-corrected chi connectivity index (χ3v) is 1.66. The predicted octanol–water partition coefficient (Wildman–Crippen LogP) is -0.256. The Kier molecular flexibility index (Phi) is 6.64. The van der Waals surface area contributed by atoms with Gasteiger partial charge in [-0.2, -0.15) is 24.6 Å². The van der Waals surface area contributed by atoms with Crippen molar-refractivity contribution in [2.45, 2.75) is 6.92 Å². The predicted molar refractivity (Wildman–Crippen MR) is 53.4 cm³/mol. The van der Waals surface area contributed by atoms with Gasteiger partial charge in [-0.1, -0.05) is 17.7 Å². The van der Waals surface area contributed by atoms with Crippen molar-refractivity contribution in [3.05, 3.63) is 54.6 Å². The minimum Gasteiger partial charge on any atom is -0.266 e. The molecule has 0 spiro atoms. The van der Waals surface area contributed by atoms with Gasteiger partial charge in [0.05, 0.1) is 0 Å². The molecule has 1 aromatic carbocycles. The van der Waals surface area contributed by atoms with Crippen molar-refractivity contribution in [3.8, 4) is 0 Å². The maximum atomic E-state index is 3.96. The summed E-state index contributed by atoms with van der Waals surface area (Å²) in [4.78, 5) is 3.96. The molecular formula is C11H12KN. The van der Waals surface area contributed by atoms with E-state index in [4.69, 9.17) is 0 Å². The molecule has 0 amide bonds. The number of aliphatic imine (C=N–C) groups is 1. The van der Waals surface area contributed by atoms with Crippen molar-refractivity contribution in [1.82, 2.24) is 0 Å². The normalized spacial score (nSPS) is 9.62. The summed E-state index contributed by atoms with van der Waals surface area (Å²) in [6.07, 6.45) is 3.31. The summed E-state index contributed by atoms with van der Waals surface area (Å²) in [6, 6.07) is 6.02. The van der Waals surface area contributed by atoms with E-state index in [9.17, 15) is 0 Å². The Hall–Kier alpha value is 0.136. The van der Waals surface area contributed by atoms with Crippen molar-refractivity contribution < 1.29 is 51.4 Å². The van der Waals surface area contributed by atoms with E-state index < -0.39 is 0 Å². The first-order chi connectivity index (χ1) is 5.74. The molecule has 0 radical (unpaired) electrons. The van der Waals surface area contributed by atoms with Crippen molar-refractivity contribution in [3.63, 3.8) is 0 Å². The van der Waals surface area contributed by atoms with Gasteiger partial charge in [-0.3, -0.25) is 4.99 Å². The molecule has 0 fully saturated rings. The van der Waals surface area contributed by atoms with Gasteiger partial charge < -0.3 is 0 Å². The van der Waals surface area contributed by atoms with Crippen LogP contribution in [0, 0.1) is 13.8 Å². The minimum absolute atomic E-state index is 0. The van der Waals surface area contributed by atoms with Crippen molar-refractivity contribution in [2.75, 3.05) is 0 Å². The zero-order chi connectivity index (χ0) is 8.97. The van der Waals surface area contributed by atoms with Gasteiger partial charge >= 0.3 is 51.4 Å². The molecule has 0 heterocycles. The molecule has 13 heavy (non-hydrogen) atoms. The quantitative estimate of drug-likeness (QED) is 0.352. The monoisotopic (exact) mass is 197 g/mol. The van der Waals surface area contributed by atoms with E-state index in [0.717, 1.165) is 11.1 Å². The Morgan fingerprint density at radius 3 is 2.77 bits per heavy atom. The minimum atomic E-state index is 0. The van der Waals surface area contributed by atoms with E-state index in [1.807, 2.05) is 25.1 Å². The van der Waals surface area contributed by atoms with E-state index in [2.05, 4.69) is 18.5 Å². The number of benzene rings is 1. The van der Waals surface area contributed by atoms with Gasteiger partial charge in [0.15, 0.2) is 0 Å². The van der Waals surface area contributed by atoms with Crippen LogP contribution in [0.4, 0.5) is 0 Å². The maximum Gasteiger partial charge on any atom is 1.00 e. The number of nitrogens with zero attached hydrogens (tertiary/aromatic N) is 1. The average molecular weight is 197 g/mol. The first-order valence-corrected chi connectivity index (χ1v) is 3.80. The Balaban J connectivity index is 0.00000144. The second-order valence-electron chi connectivity index (χ2n) is 2.65. The van der Waals surface area contributed by atoms with Gasteiger partial charge in [-0.15, -0.1) is 6.07 Å². The summed E-state index contributed by atoms with van der Waals surface area (Å²) in [5.41, 5.74) is 3.31. The van der Waals surface area contributed by atoms with Crippen molar-refractivity contribution >= 4 is 6.21 Å². The van der Waals surface area contributed by atoms with Gasteiger partial charge in [0.1, 0.15) is 0 Å². The molecular weight excluding hydrogens is 185 g/mol. The van der Waals surface area contributed by atoms with E-state index >= 15 is 0 Å². The van der Waals surface area contributed by atoms with E-state index in [0.29, 0.717) is 0 Å². The number of hydrogen-bond acceptors (Lipinski definition) is 1. The van der Waals surface area contributed by atoms with Crippen LogP contribution >= 0.6 is 0 Å². The Bertz CT molecular complexity index is 316. The van der Waals surface area contributed by atoms with Crippen LogP contribution in [0.5, 0.6) is 0 Å². The molecule has 0 aliphatic carbocycles. The number of hydrogen-bond donors (Lipinski definition) is 0. The van der Waals surface area contributed by atoms with Crippen LogP contribution < -0.4 is 51.4 Å². The zero-order valence-corrected chi connectivity index (χ0v) is 11.4. The molecule has 0 saturated carbocycles. The Labute approximate surface area is 122 Å². The van der Waals surface area contributed by atoms with Crippen LogP contribution in [-0.4, -0.2) is 6.21 Å². The summed E-state index contributed by atoms with van der Waals surface area (Å²) in [7, 11) is 0. The number of aryl methyl sites for hydroxylation is 1. The maximum absolute atomic E-state index is 3.96. The van der Waals surface area contributed by atoms with E-state index in [-0.39, 0.29) is 51.4 Å². The fourth-order valence-corrected chi connectivity index (χ4v) is 0.962. The van der Waals surface area contributed by atoms with Gasteiger partial charge in [0.2, 0.25) is 0 Å². The SMILES string of the molecule is C=CN=Cc1cc([CH2-])ccc1C.[K+].